The summed E-state index contributed by atoms with van der Waals surface area (Å²) in [5.74, 6) is 0.101. The quantitative estimate of drug-likeness (QED) is 0.720. The Morgan fingerprint density at radius 2 is 2.00 bits per heavy atom. The predicted molar refractivity (Wildman–Crippen MR) is 56.9 cm³/mol. The van der Waals surface area contributed by atoms with Crippen LogP contribution in [0.15, 0.2) is 0 Å². The molecule has 0 aromatic rings. The molecule has 0 aliphatic carbocycles. The van der Waals surface area contributed by atoms with Gasteiger partial charge in [0.1, 0.15) is 0 Å². The van der Waals surface area contributed by atoms with E-state index in [1.807, 2.05) is 20.8 Å². The van der Waals surface area contributed by atoms with Gasteiger partial charge in [0, 0.05) is 32.2 Å². The van der Waals surface area contributed by atoms with Crippen LogP contribution in [-0.4, -0.2) is 44.2 Å². The Hall–Kier alpha value is -0.610. The van der Waals surface area contributed by atoms with Gasteiger partial charge in [-0.25, -0.2) is 0 Å². The van der Waals surface area contributed by atoms with Crippen LogP contribution in [0.5, 0.6) is 0 Å². The Morgan fingerprint density at radius 3 is 2.36 bits per heavy atom. The zero-order chi connectivity index (χ0) is 11.4. The van der Waals surface area contributed by atoms with Crippen molar-refractivity contribution in [3.8, 4) is 0 Å². The molecule has 1 unspecified atom stereocenters. The van der Waals surface area contributed by atoms with Gasteiger partial charge in [0.2, 0.25) is 5.91 Å². The van der Waals surface area contributed by atoms with Crippen LogP contribution >= 0.6 is 0 Å². The Balaban J connectivity index is 4.08. The average molecular weight is 202 g/mol. The molecule has 1 atom stereocenters. The number of likely N-dealkylation sites (N-methyl/N-ethyl adjacent to an activating group) is 1. The molecule has 84 valence electrons. The van der Waals surface area contributed by atoms with Crippen molar-refractivity contribution in [2.75, 3.05) is 27.3 Å². The summed E-state index contributed by atoms with van der Waals surface area (Å²) < 4.78 is 4.91. The van der Waals surface area contributed by atoms with Gasteiger partial charge in [-0.15, -0.1) is 0 Å². The predicted octanol–water partition coefficient (Wildman–Crippen LogP) is 0.465. The standard InChI is InChI=1S/C10H22N2O2/c1-10(2,3)9(13)12(4)6-8(11)7-14-5/h8H,6-7,11H2,1-5H3. The van der Waals surface area contributed by atoms with E-state index in [2.05, 4.69) is 0 Å². The second kappa shape index (κ2) is 5.32. The molecule has 0 aromatic carbocycles. The molecule has 0 fully saturated rings. The molecule has 4 heteroatoms. The normalized spacial score (nSPS) is 13.9. The van der Waals surface area contributed by atoms with Gasteiger partial charge in [0.05, 0.1) is 6.61 Å². The number of hydrogen-bond donors (Lipinski definition) is 1. The number of nitrogens with zero attached hydrogens (tertiary/aromatic N) is 1. The Kier molecular flexibility index (Phi) is 5.08. The lowest BCUT2D eigenvalue weighted by atomic mass is 9.95. The number of amides is 1. The number of ether oxygens (including phenoxy) is 1. The van der Waals surface area contributed by atoms with Crippen LogP contribution in [0.2, 0.25) is 0 Å². The van der Waals surface area contributed by atoms with Crippen LogP contribution in [0.4, 0.5) is 0 Å². The van der Waals surface area contributed by atoms with Gasteiger partial charge in [0.25, 0.3) is 0 Å². The third-order valence-electron chi connectivity index (χ3n) is 1.88. The van der Waals surface area contributed by atoms with E-state index in [-0.39, 0.29) is 17.4 Å². The zero-order valence-electron chi connectivity index (χ0n) is 9.83. The van der Waals surface area contributed by atoms with Crippen molar-refractivity contribution in [3.63, 3.8) is 0 Å². The number of nitrogens with two attached hydrogens (primary N) is 1. The molecular weight excluding hydrogens is 180 g/mol. The van der Waals surface area contributed by atoms with Crippen molar-refractivity contribution in [1.82, 2.24) is 4.90 Å². The van der Waals surface area contributed by atoms with Gasteiger partial charge >= 0.3 is 0 Å². The first-order valence-corrected chi connectivity index (χ1v) is 4.79. The van der Waals surface area contributed by atoms with Crippen molar-refractivity contribution >= 4 is 5.91 Å². The van der Waals surface area contributed by atoms with Gasteiger partial charge in [-0.3, -0.25) is 4.79 Å². The summed E-state index contributed by atoms with van der Waals surface area (Å²) in [4.78, 5) is 13.4. The fraction of sp³-hybridized carbons (Fsp3) is 0.900. The maximum Gasteiger partial charge on any atom is 0.227 e. The molecule has 0 radical (unpaired) electrons. The summed E-state index contributed by atoms with van der Waals surface area (Å²) in [5, 5.41) is 0. The third-order valence-corrected chi connectivity index (χ3v) is 1.88. The number of carbonyl (C=O) groups is 1. The highest BCUT2D eigenvalue weighted by Gasteiger charge is 2.25. The van der Waals surface area contributed by atoms with Crippen molar-refractivity contribution in [2.45, 2.75) is 26.8 Å². The van der Waals surface area contributed by atoms with Crippen molar-refractivity contribution < 1.29 is 9.53 Å². The van der Waals surface area contributed by atoms with E-state index < -0.39 is 0 Å². The minimum atomic E-state index is -0.346. The Labute approximate surface area is 86.4 Å². The molecule has 14 heavy (non-hydrogen) atoms. The van der Waals surface area contributed by atoms with E-state index in [4.69, 9.17) is 10.5 Å². The van der Waals surface area contributed by atoms with Crippen LogP contribution in [0, 0.1) is 5.41 Å². The number of hydrogen-bond acceptors (Lipinski definition) is 3. The fourth-order valence-corrected chi connectivity index (χ4v) is 1.27. The third kappa shape index (κ3) is 4.58. The topological polar surface area (TPSA) is 55.6 Å². The highest BCUT2D eigenvalue weighted by atomic mass is 16.5. The molecule has 2 N–H and O–H groups in total. The molecule has 0 rings (SSSR count). The molecule has 1 amide bonds. The first-order chi connectivity index (χ1) is 6.29. The molecule has 0 aliphatic heterocycles. The first-order valence-electron chi connectivity index (χ1n) is 4.79. The SMILES string of the molecule is COCC(N)CN(C)C(=O)C(C)(C)C. The van der Waals surface area contributed by atoms with Crippen LogP contribution in [0.25, 0.3) is 0 Å². The smallest absolute Gasteiger partial charge is 0.227 e. The monoisotopic (exact) mass is 202 g/mol. The highest BCUT2D eigenvalue weighted by molar-refractivity contribution is 5.81. The van der Waals surface area contributed by atoms with Crippen LogP contribution < -0.4 is 5.73 Å². The number of methoxy groups -OCH3 is 1. The minimum Gasteiger partial charge on any atom is -0.383 e. The number of carbonyl (C=O) groups excluding carboxylic acids is 1. The maximum absolute atomic E-state index is 11.7. The first kappa shape index (κ1) is 13.4. The summed E-state index contributed by atoms with van der Waals surface area (Å²) in [6.45, 7) is 6.70. The summed E-state index contributed by atoms with van der Waals surface area (Å²) in [5.41, 5.74) is 5.40. The second-order valence-corrected chi connectivity index (χ2v) is 4.65. The lowest BCUT2D eigenvalue weighted by Crippen LogP contribution is -2.45. The van der Waals surface area contributed by atoms with E-state index in [1.54, 1.807) is 19.1 Å². The van der Waals surface area contributed by atoms with Gasteiger partial charge in [0.15, 0.2) is 0 Å². The maximum atomic E-state index is 11.7. The lowest BCUT2D eigenvalue weighted by molar-refractivity contribution is -0.138. The Morgan fingerprint density at radius 1 is 1.50 bits per heavy atom. The van der Waals surface area contributed by atoms with Crippen LogP contribution in [0.3, 0.4) is 0 Å². The fourth-order valence-electron chi connectivity index (χ4n) is 1.27. The van der Waals surface area contributed by atoms with E-state index in [0.29, 0.717) is 13.2 Å². The largest absolute Gasteiger partial charge is 0.383 e. The molecule has 0 spiro atoms. The average Bonchev–Trinajstić information content (AvgIpc) is 2.01. The molecule has 0 saturated heterocycles. The van der Waals surface area contributed by atoms with Crippen LogP contribution in [-0.2, 0) is 9.53 Å². The minimum absolute atomic E-state index is 0.101. The van der Waals surface area contributed by atoms with E-state index >= 15 is 0 Å². The molecule has 0 bridgehead atoms. The van der Waals surface area contributed by atoms with E-state index in [0.717, 1.165) is 0 Å². The summed E-state index contributed by atoms with van der Waals surface area (Å²) in [6.07, 6.45) is 0. The molecule has 0 aliphatic rings. The summed E-state index contributed by atoms with van der Waals surface area (Å²) >= 11 is 0. The molecule has 4 nitrogen and oxygen atoms in total. The lowest BCUT2D eigenvalue weighted by Gasteiger charge is -2.27. The van der Waals surface area contributed by atoms with Crippen LogP contribution in [0.1, 0.15) is 20.8 Å². The zero-order valence-corrected chi connectivity index (χ0v) is 9.83. The van der Waals surface area contributed by atoms with Crippen molar-refractivity contribution in [2.24, 2.45) is 11.1 Å². The molecular formula is C10H22N2O2. The molecule has 0 saturated carbocycles. The molecule has 0 aromatic heterocycles. The van der Waals surface area contributed by atoms with Gasteiger partial charge in [-0.2, -0.15) is 0 Å². The van der Waals surface area contributed by atoms with E-state index in [1.165, 1.54) is 0 Å². The van der Waals surface area contributed by atoms with Crippen molar-refractivity contribution in [1.29, 1.82) is 0 Å². The van der Waals surface area contributed by atoms with Gasteiger partial charge in [-0.1, -0.05) is 20.8 Å². The van der Waals surface area contributed by atoms with Gasteiger partial charge in [-0.05, 0) is 0 Å². The van der Waals surface area contributed by atoms with Gasteiger partial charge < -0.3 is 15.4 Å². The Bertz CT molecular complexity index is 187. The van der Waals surface area contributed by atoms with E-state index in [9.17, 15) is 4.79 Å². The van der Waals surface area contributed by atoms with Crippen molar-refractivity contribution in [3.05, 3.63) is 0 Å². The highest BCUT2D eigenvalue weighted by Crippen LogP contribution is 2.16. The molecule has 0 heterocycles. The second-order valence-electron chi connectivity index (χ2n) is 4.65. The number of rotatable bonds is 4. The summed E-state index contributed by atoms with van der Waals surface area (Å²) in [7, 11) is 3.37. The summed E-state index contributed by atoms with van der Waals surface area (Å²) in [6, 6.07) is -0.115.